The van der Waals surface area contributed by atoms with E-state index in [1.54, 1.807) is 26.0 Å². The highest BCUT2D eigenvalue weighted by atomic mass is 32.3. The van der Waals surface area contributed by atoms with Gasteiger partial charge in [-0.3, -0.25) is 4.79 Å². The van der Waals surface area contributed by atoms with Gasteiger partial charge in [-0.15, -0.1) is 0 Å². The number of nitrogens with one attached hydrogen (secondary N) is 1. The van der Waals surface area contributed by atoms with Gasteiger partial charge in [-0.2, -0.15) is 3.71 Å². The summed E-state index contributed by atoms with van der Waals surface area (Å²) in [5.74, 6) is -1.34. The molecule has 3 rings (SSSR count). The zero-order valence-corrected chi connectivity index (χ0v) is 21.0. The molecule has 0 atom stereocenters. The van der Waals surface area contributed by atoms with Crippen molar-refractivity contribution in [2.45, 2.75) is 13.8 Å². The molecule has 3 N–H and O–H groups in total. The lowest BCUT2D eigenvalue weighted by Gasteiger charge is -2.21. The third-order valence-electron chi connectivity index (χ3n) is 4.75. The molecule has 9 nitrogen and oxygen atoms in total. The first kappa shape index (κ1) is 26.0. The summed E-state index contributed by atoms with van der Waals surface area (Å²) >= 11 is 0. The van der Waals surface area contributed by atoms with E-state index in [9.17, 15) is 26.0 Å². The second-order valence-corrected chi connectivity index (χ2v) is 11.9. The monoisotopic (exact) mass is 521 g/mol. The van der Waals surface area contributed by atoms with E-state index in [-0.39, 0.29) is 37.8 Å². The number of benzene rings is 3. The number of anilines is 3. The number of sulfonamides is 2. The smallest absolute Gasteiger partial charge is 0.254 e. The lowest BCUT2D eigenvalue weighted by Crippen LogP contribution is -2.35. The largest absolute Gasteiger partial charge is 0.456 e. The fourth-order valence-electron chi connectivity index (χ4n) is 3.47. The molecule has 0 heterocycles. The number of nitrogens with two attached hydrogens (primary N) is 1. The maximum absolute atomic E-state index is 14.4. The summed E-state index contributed by atoms with van der Waals surface area (Å²) in [6.07, 6.45) is 1.52. The number of primary amides is 1. The number of aryl methyl sites for hydroxylation is 2. The topological polar surface area (TPSA) is 136 Å². The highest BCUT2D eigenvalue weighted by Gasteiger charge is 2.28. The molecule has 0 saturated carbocycles. The lowest BCUT2D eigenvalue weighted by molar-refractivity contribution is 0.0999. The molecule has 0 aliphatic rings. The minimum Gasteiger partial charge on any atom is -0.456 e. The van der Waals surface area contributed by atoms with Crippen molar-refractivity contribution in [1.82, 2.24) is 0 Å². The third-order valence-corrected chi connectivity index (χ3v) is 8.00. The SMILES string of the molecule is Cc1ccc(Nc2cc(C)cc(Oc3cccc(N(S(C)(=O)=O)S(C)(=O)=O)c3)c2C(N)=O)c(F)c1. The summed E-state index contributed by atoms with van der Waals surface area (Å²) in [5, 5.41) is 2.86. The molecule has 3 aromatic rings. The van der Waals surface area contributed by atoms with Crippen LogP contribution in [-0.4, -0.2) is 35.3 Å². The van der Waals surface area contributed by atoms with E-state index in [1.807, 2.05) is 0 Å². The predicted octanol–water partition coefficient (Wildman–Crippen LogP) is 3.80. The van der Waals surface area contributed by atoms with Crippen LogP contribution in [0.3, 0.4) is 0 Å². The molecule has 0 aliphatic heterocycles. The van der Waals surface area contributed by atoms with Gasteiger partial charge in [-0.1, -0.05) is 12.1 Å². The van der Waals surface area contributed by atoms with E-state index < -0.39 is 31.8 Å². The van der Waals surface area contributed by atoms with Gasteiger partial charge in [-0.25, -0.2) is 21.2 Å². The number of hydrogen-bond donors (Lipinski definition) is 2. The Kier molecular flexibility index (Phi) is 7.08. The molecule has 12 heteroatoms. The van der Waals surface area contributed by atoms with E-state index in [1.165, 1.54) is 42.5 Å². The Morgan fingerprint density at radius 1 is 0.914 bits per heavy atom. The van der Waals surface area contributed by atoms with Crippen LogP contribution in [0.1, 0.15) is 21.5 Å². The summed E-state index contributed by atoms with van der Waals surface area (Å²) in [7, 11) is -8.34. The molecular weight excluding hydrogens is 497 g/mol. The summed E-state index contributed by atoms with van der Waals surface area (Å²) in [4.78, 5) is 12.4. The fraction of sp³-hybridized carbons (Fsp3) is 0.174. The Bertz CT molecular complexity index is 1490. The number of nitrogens with zero attached hydrogens (tertiary/aromatic N) is 1. The number of carbonyl (C=O) groups excluding carboxylic acids is 1. The summed E-state index contributed by atoms with van der Waals surface area (Å²) in [6.45, 7) is 3.46. The third kappa shape index (κ3) is 6.08. The Balaban J connectivity index is 2.08. The van der Waals surface area contributed by atoms with Gasteiger partial charge in [0.25, 0.3) is 5.91 Å². The van der Waals surface area contributed by atoms with Gasteiger partial charge in [0.2, 0.25) is 20.0 Å². The Labute approximate surface area is 203 Å². The quantitative estimate of drug-likeness (QED) is 0.460. The van der Waals surface area contributed by atoms with E-state index in [2.05, 4.69) is 5.32 Å². The van der Waals surface area contributed by atoms with Crippen LogP contribution in [0.4, 0.5) is 21.5 Å². The minimum atomic E-state index is -4.17. The van der Waals surface area contributed by atoms with Crippen LogP contribution in [0.5, 0.6) is 11.5 Å². The van der Waals surface area contributed by atoms with Crippen LogP contribution in [0.2, 0.25) is 0 Å². The first-order chi connectivity index (χ1) is 16.2. The van der Waals surface area contributed by atoms with Crippen molar-refractivity contribution < 1.29 is 30.8 Å². The Morgan fingerprint density at radius 2 is 1.57 bits per heavy atom. The van der Waals surface area contributed by atoms with Gasteiger partial charge < -0.3 is 15.8 Å². The van der Waals surface area contributed by atoms with Crippen molar-refractivity contribution in [3.63, 3.8) is 0 Å². The highest BCUT2D eigenvalue weighted by molar-refractivity contribution is 8.09. The summed E-state index contributed by atoms with van der Waals surface area (Å²) < 4.78 is 69.0. The second kappa shape index (κ2) is 9.55. The van der Waals surface area contributed by atoms with Crippen LogP contribution in [0.25, 0.3) is 0 Å². The van der Waals surface area contributed by atoms with Crippen LogP contribution < -0.4 is 19.5 Å². The Hall–Kier alpha value is -3.64. The number of amides is 1. The van der Waals surface area contributed by atoms with E-state index >= 15 is 0 Å². The molecule has 3 aromatic carbocycles. The van der Waals surface area contributed by atoms with E-state index in [4.69, 9.17) is 10.5 Å². The molecule has 0 spiro atoms. The van der Waals surface area contributed by atoms with Crippen molar-refractivity contribution in [2.24, 2.45) is 5.73 Å². The predicted molar refractivity (Wildman–Crippen MR) is 133 cm³/mol. The van der Waals surface area contributed by atoms with Gasteiger partial charge in [0.15, 0.2) is 0 Å². The zero-order chi connectivity index (χ0) is 26.1. The first-order valence-electron chi connectivity index (χ1n) is 10.1. The molecule has 0 radical (unpaired) electrons. The number of hydrogen-bond acceptors (Lipinski definition) is 7. The number of halogens is 1. The maximum Gasteiger partial charge on any atom is 0.254 e. The minimum absolute atomic E-state index is 0.00920. The molecule has 1 amide bonds. The average molecular weight is 522 g/mol. The molecule has 0 aliphatic carbocycles. The molecular formula is C23H24FN3O6S2. The zero-order valence-electron chi connectivity index (χ0n) is 19.4. The van der Waals surface area contributed by atoms with Gasteiger partial charge in [0.05, 0.1) is 29.6 Å². The van der Waals surface area contributed by atoms with E-state index in [0.717, 1.165) is 12.5 Å². The summed E-state index contributed by atoms with van der Waals surface area (Å²) in [5.41, 5.74) is 7.02. The van der Waals surface area contributed by atoms with Gasteiger partial charge >= 0.3 is 0 Å². The fourth-order valence-corrected chi connectivity index (χ4v) is 6.43. The molecule has 0 unspecified atom stereocenters. The van der Waals surface area contributed by atoms with Crippen molar-refractivity contribution in [3.8, 4) is 11.5 Å². The van der Waals surface area contributed by atoms with Crippen LogP contribution in [0.15, 0.2) is 54.6 Å². The van der Waals surface area contributed by atoms with Crippen molar-refractivity contribution in [2.75, 3.05) is 21.5 Å². The Morgan fingerprint density at radius 3 is 2.14 bits per heavy atom. The molecule has 35 heavy (non-hydrogen) atoms. The van der Waals surface area contributed by atoms with Crippen LogP contribution >= 0.6 is 0 Å². The molecule has 0 bridgehead atoms. The first-order valence-corrected chi connectivity index (χ1v) is 13.8. The molecule has 0 aromatic heterocycles. The van der Waals surface area contributed by atoms with Crippen molar-refractivity contribution in [3.05, 3.63) is 77.1 Å². The molecule has 186 valence electrons. The second-order valence-electron chi connectivity index (χ2n) is 7.98. The van der Waals surface area contributed by atoms with Crippen molar-refractivity contribution in [1.29, 1.82) is 0 Å². The van der Waals surface area contributed by atoms with Gasteiger partial charge in [0, 0.05) is 6.07 Å². The summed E-state index contributed by atoms with van der Waals surface area (Å²) in [6, 6.07) is 13.0. The number of ether oxygens (including phenoxy) is 1. The van der Waals surface area contributed by atoms with Crippen LogP contribution in [-0.2, 0) is 20.0 Å². The maximum atomic E-state index is 14.4. The standard InChI is InChI=1S/C23H24FN3O6S2/c1-14-8-9-19(18(24)10-14)26-20-11-15(2)12-21(22(20)23(25)28)33-17-7-5-6-16(13-17)27(34(3,29)30)35(4,31)32/h5-13,26H,1-4H3,(H2,25,28). The lowest BCUT2D eigenvalue weighted by atomic mass is 10.1. The van der Waals surface area contributed by atoms with Crippen molar-refractivity contribution >= 4 is 43.0 Å². The van der Waals surface area contributed by atoms with Gasteiger partial charge in [0.1, 0.15) is 22.9 Å². The average Bonchev–Trinajstić information content (AvgIpc) is 2.67. The highest BCUT2D eigenvalue weighted by Crippen LogP contribution is 2.36. The van der Waals surface area contributed by atoms with Crippen LogP contribution in [0, 0.1) is 19.7 Å². The number of rotatable bonds is 8. The normalized spacial score (nSPS) is 11.7. The number of carbonyl (C=O) groups is 1. The van der Waals surface area contributed by atoms with E-state index in [0.29, 0.717) is 11.1 Å². The van der Waals surface area contributed by atoms with Gasteiger partial charge in [-0.05, 0) is 61.4 Å². The molecule has 0 fully saturated rings. The molecule has 0 saturated heterocycles.